The van der Waals surface area contributed by atoms with Gasteiger partial charge < -0.3 is 15.5 Å². The predicted octanol–water partition coefficient (Wildman–Crippen LogP) is 3.23. The van der Waals surface area contributed by atoms with Crippen LogP contribution in [0.25, 0.3) is 0 Å². The Kier molecular flexibility index (Phi) is 6.86. The Morgan fingerprint density at radius 2 is 2.04 bits per heavy atom. The molecule has 7 heteroatoms. The molecule has 0 fully saturated rings. The first-order chi connectivity index (χ1) is 13.5. The van der Waals surface area contributed by atoms with E-state index in [2.05, 4.69) is 34.4 Å². The van der Waals surface area contributed by atoms with Crippen LogP contribution in [-0.4, -0.2) is 47.0 Å². The molecule has 1 atom stereocenters. The molecule has 0 saturated carbocycles. The number of hydrogen-bond donors (Lipinski definition) is 2. The van der Waals surface area contributed by atoms with Gasteiger partial charge >= 0.3 is 0 Å². The van der Waals surface area contributed by atoms with E-state index in [0.717, 1.165) is 29.8 Å². The van der Waals surface area contributed by atoms with Crippen LogP contribution in [0.5, 0.6) is 0 Å². The maximum absolute atomic E-state index is 13.0. The molecule has 0 aliphatic carbocycles. The first-order valence-electron chi connectivity index (χ1n) is 9.75. The minimum Gasteiger partial charge on any atom is -0.352 e. The summed E-state index contributed by atoms with van der Waals surface area (Å²) in [5.41, 5.74) is 3.19. The van der Waals surface area contributed by atoms with Crippen molar-refractivity contribution in [1.82, 2.24) is 20.2 Å². The molecule has 0 saturated heterocycles. The Balaban J connectivity index is 1.69. The summed E-state index contributed by atoms with van der Waals surface area (Å²) in [4.78, 5) is 23.9. The minimum atomic E-state index is 0.111. The molecule has 2 aromatic rings. The van der Waals surface area contributed by atoms with Crippen LogP contribution in [0.2, 0.25) is 5.02 Å². The van der Waals surface area contributed by atoms with E-state index in [1.54, 1.807) is 0 Å². The fourth-order valence-corrected chi connectivity index (χ4v) is 3.60. The van der Waals surface area contributed by atoms with Crippen molar-refractivity contribution >= 4 is 23.5 Å². The van der Waals surface area contributed by atoms with Crippen molar-refractivity contribution in [3.05, 3.63) is 52.3 Å². The molecule has 150 valence electrons. The molecule has 0 radical (unpaired) electrons. The number of rotatable bonds is 7. The molecular formula is C21H28ClN5O. The van der Waals surface area contributed by atoms with Gasteiger partial charge in [-0.3, -0.25) is 4.79 Å². The summed E-state index contributed by atoms with van der Waals surface area (Å²) in [5.74, 6) is 0.884. The number of amides is 1. The topological polar surface area (TPSA) is 70.2 Å². The highest BCUT2D eigenvalue weighted by atomic mass is 35.5. The van der Waals surface area contributed by atoms with Gasteiger partial charge in [-0.1, -0.05) is 23.7 Å². The minimum absolute atomic E-state index is 0.111. The van der Waals surface area contributed by atoms with Crippen LogP contribution >= 0.6 is 11.6 Å². The molecule has 1 aliphatic rings. The lowest BCUT2D eigenvalue weighted by molar-refractivity contribution is -0.132. The number of anilines is 1. The van der Waals surface area contributed by atoms with Crippen molar-refractivity contribution in [1.29, 1.82) is 0 Å². The molecule has 1 aliphatic heterocycles. The highest BCUT2D eigenvalue weighted by Crippen LogP contribution is 2.24. The molecule has 1 amide bonds. The summed E-state index contributed by atoms with van der Waals surface area (Å²) in [5, 5.41) is 7.13. The van der Waals surface area contributed by atoms with E-state index in [1.165, 1.54) is 0 Å². The van der Waals surface area contributed by atoms with E-state index in [4.69, 9.17) is 11.6 Å². The van der Waals surface area contributed by atoms with Crippen LogP contribution in [0, 0.1) is 0 Å². The van der Waals surface area contributed by atoms with Crippen LogP contribution in [-0.2, 0) is 17.8 Å². The Bertz CT molecular complexity index is 809. The van der Waals surface area contributed by atoms with Crippen molar-refractivity contribution in [2.24, 2.45) is 0 Å². The van der Waals surface area contributed by atoms with Crippen LogP contribution in [0.15, 0.2) is 30.5 Å². The zero-order chi connectivity index (χ0) is 20.1. The Morgan fingerprint density at radius 1 is 1.29 bits per heavy atom. The lowest BCUT2D eigenvalue weighted by Gasteiger charge is -2.30. The Morgan fingerprint density at radius 3 is 2.71 bits per heavy atom. The molecule has 6 nitrogen and oxygen atoms in total. The van der Waals surface area contributed by atoms with Gasteiger partial charge in [-0.25, -0.2) is 9.97 Å². The summed E-state index contributed by atoms with van der Waals surface area (Å²) in [6.45, 7) is 6.09. The van der Waals surface area contributed by atoms with Crippen molar-refractivity contribution in [3.63, 3.8) is 0 Å². The third-order valence-corrected chi connectivity index (χ3v) is 5.18. The highest BCUT2D eigenvalue weighted by Gasteiger charge is 2.25. The molecule has 2 heterocycles. The number of benzene rings is 1. The maximum atomic E-state index is 13.0. The first-order valence-corrected chi connectivity index (χ1v) is 10.1. The number of hydrogen-bond acceptors (Lipinski definition) is 5. The molecule has 28 heavy (non-hydrogen) atoms. The normalized spacial score (nSPS) is 14.7. The van der Waals surface area contributed by atoms with Gasteiger partial charge in [-0.05, 0) is 50.6 Å². The zero-order valence-corrected chi connectivity index (χ0v) is 17.5. The zero-order valence-electron chi connectivity index (χ0n) is 16.7. The fraction of sp³-hybridized carbons (Fsp3) is 0.476. The molecule has 3 rings (SSSR count). The van der Waals surface area contributed by atoms with Crippen LogP contribution in [0.1, 0.15) is 43.0 Å². The number of aromatic nitrogens is 2. The number of nitrogens with one attached hydrogen (secondary N) is 2. The number of likely N-dealkylation sites (N-methyl/N-ethyl adjacent to an activating group) is 1. The first kappa shape index (κ1) is 20.6. The van der Waals surface area contributed by atoms with E-state index < -0.39 is 0 Å². The van der Waals surface area contributed by atoms with Crippen LogP contribution in [0.4, 0.5) is 5.95 Å². The van der Waals surface area contributed by atoms with Gasteiger partial charge in [0.15, 0.2) is 0 Å². The second-order valence-electron chi connectivity index (χ2n) is 7.54. The van der Waals surface area contributed by atoms with Crippen molar-refractivity contribution in [2.75, 3.05) is 25.5 Å². The van der Waals surface area contributed by atoms with Gasteiger partial charge in [0.1, 0.15) is 0 Å². The third-order valence-electron chi connectivity index (χ3n) is 4.93. The summed E-state index contributed by atoms with van der Waals surface area (Å²) in [7, 11) is 1.91. The van der Waals surface area contributed by atoms with Crippen molar-refractivity contribution in [2.45, 2.75) is 45.2 Å². The second kappa shape index (κ2) is 9.34. The summed E-state index contributed by atoms with van der Waals surface area (Å²) >= 11 is 6.00. The number of nitrogens with zero attached hydrogens (tertiary/aromatic N) is 3. The predicted molar refractivity (Wildman–Crippen MR) is 113 cm³/mol. The summed E-state index contributed by atoms with van der Waals surface area (Å²) < 4.78 is 0. The van der Waals surface area contributed by atoms with E-state index in [-0.39, 0.29) is 17.9 Å². The lowest BCUT2D eigenvalue weighted by atomic mass is 9.94. The van der Waals surface area contributed by atoms with Gasteiger partial charge in [0.25, 0.3) is 0 Å². The highest BCUT2D eigenvalue weighted by molar-refractivity contribution is 6.30. The molecule has 2 N–H and O–H groups in total. The largest absolute Gasteiger partial charge is 0.352 e. The number of carbonyl (C=O) groups is 1. The Labute approximate surface area is 171 Å². The van der Waals surface area contributed by atoms with Gasteiger partial charge in [-0.15, -0.1) is 0 Å². The quantitative estimate of drug-likeness (QED) is 0.745. The van der Waals surface area contributed by atoms with Crippen LogP contribution < -0.4 is 10.6 Å². The summed E-state index contributed by atoms with van der Waals surface area (Å²) in [6, 6.07) is 8.02. The maximum Gasteiger partial charge on any atom is 0.223 e. The average molecular weight is 402 g/mol. The second-order valence-corrected chi connectivity index (χ2v) is 7.98. The molecular weight excluding hydrogens is 374 g/mol. The molecule has 0 bridgehead atoms. The number of carbonyl (C=O) groups excluding carboxylic acids is 1. The van der Waals surface area contributed by atoms with Crippen LogP contribution in [0.3, 0.4) is 0 Å². The van der Waals surface area contributed by atoms with E-state index >= 15 is 0 Å². The fourth-order valence-electron chi connectivity index (χ4n) is 3.47. The number of fused-ring (bicyclic) bond motifs is 1. The average Bonchev–Trinajstić information content (AvgIpc) is 2.67. The third kappa shape index (κ3) is 5.20. The van der Waals surface area contributed by atoms with Gasteiger partial charge in [0, 0.05) is 42.7 Å². The van der Waals surface area contributed by atoms with Gasteiger partial charge in [0.2, 0.25) is 11.9 Å². The lowest BCUT2D eigenvalue weighted by Crippen LogP contribution is -2.38. The Hall–Kier alpha value is -2.18. The van der Waals surface area contributed by atoms with E-state index in [0.29, 0.717) is 30.5 Å². The molecule has 1 unspecified atom stereocenters. The van der Waals surface area contributed by atoms with Gasteiger partial charge in [-0.2, -0.15) is 0 Å². The van der Waals surface area contributed by atoms with E-state index in [1.807, 2.05) is 42.4 Å². The van der Waals surface area contributed by atoms with Gasteiger partial charge in [0.05, 0.1) is 12.2 Å². The monoisotopic (exact) mass is 401 g/mol. The molecule has 0 spiro atoms. The van der Waals surface area contributed by atoms with E-state index in [9.17, 15) is 4.79 Å². The molecule has 1 aromatic carbocycles. The standard InChI is InChI=1S/C21H28ClN5O/c1-14(2)25-21-24-12-16-8-9-27(13-19(16)26-21)20(28)10-17(11-23-3)15-4-6-18(22)7-5-15/h4-7,12,14,17,23H,8-11,13H2,1-3H3,(H,24,25,26). The molecule has 1 aromatic heterocycles. The van der Waals surface area contributed by atoms with Crippen molar-refractivity contribution < 1.29 is 4.79 Å². The van der Waals surface area contributed by atoms with Crippen molar-refractivity contribution in [3.8, 4) is 0 Å². The number of halogens is 1. The SMILES string of the molecule is CNCC(CC(=O)N1CCc2cnc(NC(C)C)nc2C1)c1ccc(Cl)cc1. The smallest absolute Gasteiger partial charge is 0.223 e. The summed E-state index contributed by atoms with van der Waals surface area (Å²) in [6.07, 6.45) is 3.13.